The van der Waals surface area contributed by atoms with Crippen molar-refractivity contribution in [3.63, 3.8) is 0 Å². The molecule has 1 aliphatic carbocycles. The molecule has 7 rings (SSSR count). The molecule has 0 radical (unpaired) electrons. The molecule has 5 heteroatoms. The Hall–Kier alpha value is -4.64. The van der Waals surface area contributed by atoms with Crippen LogP contribution in [0.3, 0.4) is 0 Å². The van der Waals surface area contributed by atoms with Gasteiger partial charge in [-0.25, -0.2) is 9.67 Å². The molecule has 0 aliphatic heterocycles. The van der Waals surface area contributed by atoms with Crippen molar-refractivity contribution in [1.29, 1.82) is 0 Å². The molecule has 3 heterocycles. The molecule has 0 N–H and O–H groups in total. The summed E-state index contributed by atoms with van der Waals surface area (Å²) in [5.74, 6) is 4.59. The molecule has 0 amide bonds. The van der Waals surface area contributed by atoms with Crippen molar-refractivity contribution in [2.45, 2.75) is 106 Å². The minimum Gasteiger partial charge on any atom is -0.457 e. The Morgan fingerprint density at radius 1 is 0.882 bits per heavy atom. The van der Waals surface area contributed by atoms with Gasteiger partial charge in [0.15, 0.2) is 0 Å². The van der Waals surface area contributed by atoms with Crippen molar-refractivity contribution in [2.24, 2.45) is 11.8 Å². The topological polar surface area (TPSA) is 44.9 Å². The van der Waals surface area contributed by atoms with Crippen molar-refractivity contribution in [3.8, 4) is 23.0 Å². The highest BCUT2D eigenvalue weighted by atomic mass is 16.5. The SMILES string of the molecule is CCC1=C[C@H](C)CC(CC)[C@H]1c1c(C)nn(-c2cc(Oc3ccc4c5ccccc5n(-c5cc(C(C)C)ccn5)c4c3)cc(C(C)(C)C)c2)c1C. The van der Waals surface area contributed by atoms with E-state index in [1.165, 1.54) is 46.0 Å². The van der Waals surface area contributed by atoms with Crippen LogP contribution in [0.25, 0.3) is 33.3 Å². The first kappa shape index (κ1) is 34.8. The third-order valence-corrected chi connectivity index (χ3v) is 11.2. The van der Waals surface area contributed by atoms with Gasteiger partial charge in [0, 0.05) is 46.3 Å². The summed E-state index contributed by atoms with van der Waals surface area (Å²) < 4.78 is 11.3. The maximum atomic E-state index is 6.82. The van der Waals surface area contributed by atoms with Crippen LogP contribution in [0.4, 0.5) is 0 Å². The number of para-hydroxylation sites is 1. The first-order chi connectivity index (χ1) is 24.4. The second-order valence-electron chi connectivity index (χ2n) is 16.2. The average molecular weight is 679 g/mol. The normalized spacial score (nSPS) is 18.2. The van der Waals surface area contributed by atoms with E-state index < -0.39 is 0 Å². The van der Waals surface area contributed by atoms with E-state index in [1.807, 2.05) is 6.20 Å². The van der Waals surface area contributed by atoms with Crippen LogP contribution in [0, 0.1) is 25.7 Å². The quantitative estimate of drug-likeness (QED) is 0.151. The largest absolute Gasteiger partial charge is 0.457 e. The second kappa shape index (κ2) is 13.5. The van der Waals surface area contributed by atoms with E-state index in [4.69, 9.17) is 14.8 Å². The predicted octanol–water partition coefficient (Wildman–Crippen LogP) is 12.7. The molecule has 3 aromatic heterocycles. The standard InChI is InChI=1S/C46H54N4O/c1-11-32-21-29(5)22-33(12-2)45(32)44-30(6)48-50(31(44)7)36-24-35(46(8,9)10)25-38(26-36)51-37-17-18-40-39-15-13-14-16-41(39)49(42(40)27-37)43-23-34(28(3)4)19-20-47-43/h13-21,23-29,33,45H,11-12,22H2,1-10H3/t29-,33?,45-/m0/s1. The lowest BCUT2D eigenvalue weighted by Crippen LogP contribution is -2.23. The summed E-state index contributed by atoms with van der Waals surface area (Å²) in [7, 11) is 0. The highest BCUT2D eigenvalue weighted by molar-refractivity contribution is 6.09. The van der Waals surface area contributed by atoms with Gasteiger partial charge in [-0.3, -0.25) is 4.57 Å². The number of hydrogen-bond donors (Lipinski definition) is 0. The Labute approximate surface area is 304 Å². The molecule has 0 spiro atoms. The average Bonchev–Trinajstić information content (AvgIpc) is 3.59. The molecular formula is C46H54N4O. The third kappa shape index (κ3) is 6.41. The molecule has 51 heavy (non-hydrogen) atoms. The number of allylic oxidation sites excluding steroid dienone is 2. The molecule has 3 aromatic carbocycles. The summed E-state index contributed by atoms with van der Waals surface area (Å²) in [4.78, 5) is 4.85. The Kier molecular flexibility index (Phi) is 9.20. The Bertz CT molecular complexity index is 2260. The van der Waals surface area contributed by atoms with Crippen molar-refractivity contribution >= 4 is 21.8 Å². The zero-order valence-corrected chi connectivity index (χ0v) is 32.2. The van der Waals surface area contributed by atoms with Crippen molar-refractivity contribution in [1.82, 2.24) is 19.3 Å². The van der Waals surface area contributed by atoms with Crippen LogP contribution in [0.15, 0.2) is 90.6 Å². The number of benzene rings is 3. The van der Waals surface area contributed by atoms with E-state index in [2.05, 4.69) is 157 Å². The lowest BCUT2D eigenvalue weighted by molar-refractivity contribution is 0.347. The van der Waals surface area contributed by atoms with Crippen LogP contribution in [0.1, 0.15) is 115 Å². The zero-order valence-electron chi connectivity index (χ0n) is 32.2. The lowest BCUT2D eigenvalue weighted by atomic mass is 9.69. The van der Waals surface area contributed by atoms with E-state index in [1.54, 1.807) is 5.57 Å². The summed E-state index contributed by atoms with van der Waals surface area (Å²) in [5, 5.41) is 7.62. The highest BCUT2D eigenvalue weighted by Crippen LogP contribution is 2.46. The Balaban J connectivity index is 1.33. The number of hydrogen-bond acceptors (Lipinski definition) is 3. The third-order valence-electron chi connectivity index (χ3n) is 11.2. The summed E-state index contributed by atoms with van der Waals surface area (Å²) >= 11 is 0. The summed E-state index contributed by atoms with van der Waals surface area (Å²) in [6.45, 7) is 22.7. The van der Waals surface area contributed by atoms with Gasteiger partial charge in [-0.05, 0) is 103 Å². The van der Waals surface area contributed by atoms with Crippen LogP contribution in [0.2, 0.25) is 0 Å². The minimum absolute atomic E-state index is 0.0819. The van der Waals surface area contributed by atoms with Crippen LogP contribution >= 0.6 is 0 Å². The molecule has 5 nitrogen and oxygen atoms in total. The first-order valence-electron chi connectivity index (χ1n) is 19.0. The number of aromatic nitrogens is 4. The molecule has 6 aromatic rings. The van der Waals surface area contributed by atoms with E-state index in [0.29, 0.717) is 23.7 Å². The number of fused-ring (bicyclic) bond motifs is 3. The van der Waals surface area contributed by atoms with Gasteiger partial charge < -0.3 is 4.74 Å². The summed E-state index contributed by atoms with van der Waals surface area (Å²) in [5.41, 5.74) is 11.0. The zero-order chi connectivity index (χ0) is 36.2. The second-order valence-corrected chi connectivity index (χ2v) is 16.2. The lowest BCUT2D eigenvalue weighted by Gasteiger charge is -2.35. The van der Waals surface area contributed by atoms with E-state index in [9.17, 15) is 0 Å². The summed E-state index contributed by atoms with van der Waals surface area (Å²) in [6.07, 6.45) is 7.94. The van der Waals surface area contributed by atoms with Gasteiger partial charge in [-0.1, -0.05) is 91.7 Å². The number of nitrogens with zero attached hydrogens (tertiary/aromatic N) is 4. The predicted molar refractivity (Wildman–Crippen MR) is 213 cm³/mol. The van der Waals surface area contributed by atoms with Gasteiger partial charge in [0.05, 0.1) is 22.4 Å². The number of ether oxygens (including phenoxy) is 1. The fourth-order valence-corrected chi connectivity index (χ4v) is 8.48. The number of aryl methyl sites for hydroxylation is 1. The first-order valence-corrected chi connectivity index (χ1v) is 19.0. The van der Waals surface area contributed by atoms with Crippen LogP contribution in [-0.4, -0.2) is 19.3 Å². The monoisotopic (exact) mass is 678 g/mol. The molecule has 1 unspecified atom stereocenters. The van der Waals surface area contributed by atoms with Crippen molar-refractivity contribution in [3.05, 3.63) is 119 Å². The van der Waals surface area contributed by atoms with E-state index in [-0.39, 0.29) is 5.41 Å². The fourth-order valence-electron chi connectivity index (χ4n) is 8.48. The maximum Gasteiger partial charge on any atom is 0.137 e. The van der Waals surface area contributed by atoms with Gasteiger partial charge >= 0.3 is 0 Å². The van der Waals surface area contributed by atoms with Crippen LogP contribution in [0.5, 0.6) is 11.5 Å². The highest BCUT2D eigenvalue weighted by Gasteiger charge is 2.34. The van der Waals surface area contributed by atoms with Crippen LogP contribution < -0.4 is 4.74 Å². The van der Waals surface area contributed by atoms with Gasteiger partial charge in [0.2, 0.25) is 0 Å². The van der Waals surface area contributed by atoms with Gasteiger partial charge in [0.25, 0.3) is 0 Å². The van der Waals surface area contributed by atoms with Gasteiger partial charge in [-0.2, -0.15) is 5.10 Å². The molecule has 264 valence electrons. The molecule has 0 fully saturated rings. The molecule has 3 atom stereocenters. The molecular weight excluding hydrogens is 625 g/mol. The molecule has 1 aliphatic rings. The summed E-state index contributed by atoms with van der Waals surface area (Å²) in [6, 6.07) is 26.0. The Morgan fingerprint density at radius 3 is 2.37 bits per heavy atom. The van der Waals surface area contributed by atoms with E-state index in [0.717, 1.165) is 46.2 Å². The van der Waals surface area contributed by atoms with Crippen LogP contribution in [-0.2, 0) is 5.41 Å². The smallest absolute Gasteiger partial charge is 0.137 e. The number of rotatable bonds is 8. The van der Waals surface area contributed by atoms with Crippen molar-refractivity contribution < 1.29 is 4.74 Å². The Morgan fingerprint density at radius 2 is 1.65 bits per heavy atom. The minimum atomic E-state index is -0.0819. The number of pyridine rings is 1. The van der Waals surface area contributed by atoms with Gasteiger partial charge in [-0.15, -0.1) is 0 Å². The fraction of sp³-hybridized carbons (Fsp3) is 0.391. The van der Waals surface area contributed by atoms with Crippen molar-refractivity contribution in [2.75, 3.05) is 0 Å². The molecule has 0 saturated heterocycles. The molecule has 0 bridgehead atoms. The van der Waals surface area contributed by atoms with Gasteiger partial charge in [0.1, 0.15) is 17.3 Å². The molecule has 0 saturated carbocycles. The van der Waals surface area contributed by atoms with E-state index >= 15 is 0 Å². The maximum absolute atomic E-state index is 6.82.